The average Bonchev–Trinajstić information content (AvgIpc) is 2.76. The third-order valence-electron chi connectivity index (χ3n) is 2.78. The summed E-state index contributed by atoms with van der Waals surface area (Å²) in [7, 11) is 0. The van der Waals surface area contributed by atoms with E-state index in [-0.39, 0.29) is 12.4 Å². The molecule has 0 N–H and O–H groups in total. The number of aryl methyl sites for hydroxylation is 1. The number of hydrogen-bond acceptors (Lipinski definition) is 3. The molecule has 0 saturated carbocycles. The van der Waals surface area contributed by atoms with Gasteiger partial charge in [0.1, 0.15) is 0 Å². The molecule has 2 aromatic rings. The molecule has 0 amide bonds. The summed E-state index contributed by atoms with van der Waals surface area (Å²) in [5.41, 5.74) is 1.70. The number of carbonyl (C=O) groups is 1. The summed E-state index contributed by atoms with van der Waals surface area (Å²) in [6, 6.07) is 3.70. The second-order valence-electron chi connectivity index (χ2n) is 3.91. The molecule has 0 aliphatic carbocycles. The summed E-state index contributed by atoms with van der Waals surface area (Å²) < 4.78 is 6.82. The van der Waals surface area contributed by atoms with Gasteiger partial charge in [-0.2, -0.15) is 5.10 Å². The zero-order valence-electron chi connectivity index (χ0n) is 10.4. The largest absolute Gasteiger partial charge is 0.466 e. The molecule has 0 atom stereocenters. The van der Waals surface area contributed by atoms with Crippen LogP contribution in [0, 0.1) is 0 Å². The topological polar surface area (TPSA) is 44.1 Å². The van der Waals surface area contributed by atoms with Crippen LogP contribution >= 0.6 is 11.6 Å². The lowest BCUT2D eigenvalue weighted by Crippen LogP contribution is -2.09. The van der Waals surface area contributed by atoms with Crippen molar-refractivity contribution in [3.05, 3.63) is 28.9 Å². The van der Waals surface area contributed by atoms with Crippen LogP contribution in [-0.4, -0.2) is 22.4 Å². The van der Waals surface area contributed by atoms with Gasteiger partial charge in [0.2, 0.25) is 0 Å². The number of fused-ring (bicyclic) bond motifs is 1. The lowest BCUT2D eigenvalue weighted by molar-refractivity contribution is -0.142. The molecule has 0 fully saturated rings. The monoisotopic (exact) mass is 266 g/mol. The Bertz CT molecular complexity index is 578. The van der Waals surface area contributed by atoms with Crippen molar-refractivity contribution in [3.8, 4) is 0 Å². The maximum atomic E-state index is 11.6. The van der Waals surface area contributed by atoms with E-state index in [1.54, 1.807) is 19.2 Å². The van der Waals surface area contributed by atoms with Crippen LogP contribution in [0.3, 0.4) is 0 Å². The van der Waals surface area contributed by atoms with E-state index in [9.17, 15) is 4.79 Å². The Kier molecular flexibility index (Phi) is 3.87. The van der Waals surface area contributed by atoms with Gasteiger partial charge >= 0.3 is 5.97 Å². The van der Waals surface area contributed by atoms with E-state index in [1.807, 2.05) is 17.7 Å². The molecule has 5 heteroatoms. The normalized spacial score (nSPS) is 10.8. The maximum Gasteiger partial charge on any atom is 0.310 e. The van der Waals surface area contributed by atoms with Crippen molar-refractivity contribution < 1.29 is 9.53 Å². The molecule has 2 rings (SSSR count). The molecule has 0 unspecified atom stereocenters. The highest BCUT2D eigenvalue weighted by Gasteiger charge is 2.15. The van der Waals surface area contributed by atoms with Crippen molar-refractivity contribution in [2.24, 2.45) is 0 Å². The summed E-state index contributed by atoms with van der Waals surface area (Å²) in [6.45, 7) is 4.90. The molecule has 1 aromatic carbocycles. The predicted octanol–water partition coefficient (Wildman–Crippen LogP) is 2.82. The second-order valence-corrected chi connectivity index (χ2v) is 4.31. The van der Waals surface area contributed by atoms with Gasteiger partial charge in [-0.3, -0.25) is 9.48 Å². The van der Waals surface area contributed by atoms with Gasteiger partial charge in [0.15, 0.2) is 0 Å². The van der Waals surface area contributed by atoms with Crippen LogP contribution in [0.1, 0.15) is 19.4 Å². The molecule has 4 nitrogen and oxygen atoms in total. The van der Waals surface area contributed by atoms with Gasteiger partial charge in [0, 0.05) is 22.5 Å². The van der Waals surface area contributed by atoms with Crippen molar-refractivity contribution in [2.75, 3.05) is 6.61 Å². The summed E-state index contributed by atoms with van der Waals surface area (Å²) in [4.78, 5) is 11.6. The molecule has 0 spiro atoms. The number of aromatic nitrogens is 2. The number of ether oxygens (including phenoxy) is 1. The minimum Gasteiger partial charge on any atom is -0.466 e. The molecule has 96 valence electrons. The second kappa shape index (κ2) is 5.40. The van der Waals surface area contributed by atoms with Gasteiger partial charge in [0.05, 0.1) is 24.7 Å². The number of benzene rings is 1. The van der Waals surface area contributed by atoms with Gasteiger partial charge in [-0.05, 0) is 26.0 Å². The molecule has 0 aliphatic heterocycles. The number of esters is 1. The fourth-order valence-electron chi connectivity index (χ4n) is 1.99. The smallest absolute Gasteiger partial charge is 0.310 e. The molecular formula is C13H15ClN2O2. The number of carbonyl (C=O) groups excluding carboxylic acids is 1. The van der Waals surface area contributed by atoms with Crippen LogP contribution in [0.2, 0.25) is 5.02 Å². The number of halogens is 1. The van der Waals surface area contributed by atoms with Gasteiger partial charge in [-0.1, -0.05) is 11.6 Å². The first kappa shape index (κ1) is 12.9. The van der Waals surface area contributed by atoms with Crippen molar-refractivity contribution >= 4 is 28.5 Å². The average molecular weight is 267 g/mol. The first-order chi connectivity index (χ1) is 8.67. The molecule has 0 aliphatic rings. The number of hydrogen-bond donors (Lipinski definition) is 0. The highest BCUT2D eigenvalue weighted by atomic mass is 35.5. The van der Waals surface area contributed by atoms with E-state index in [4.69, 9.17) is 16.3 Å². The molecule has 0 bridgehead atoms. The third kappa shape index (κ3) is 2.34. The SMILES string of the molecule is CCOC(=O)Cc1c(Cl)ccc2cnn(CC)c12. The van der Waals surface area contributed by atoms with E-state index in [1.165, 1.54) is 0 Å². The van der Waals surface area contributed by atoms with Gasteiger partial charge < -0.3 is 4.74 Å². The van der Waals surface area contributed by atoms with Crippen LogP contribution in [-0.2, 0) is 22.5 Å². The minimum absolute atomic E-state index is 0.176. The van der Waals surface area contributed by atoms with Crippen molar-refractivity contribution in [1.82, 2.24) is 9.78 Å². The third-order valence-corrected chi connectivity index (χ3v) is 3.13. The Labute approximate surface area is 110 Å². The van der Waals surface area contributed by atoms with Crippen LogP contribution in [0.4, 0.5) is 0 Å². The highest BCUT2D eigenvalue weighted by Crippen LogP contribution is 2.26. The van der Waals surface area contributed by atoms with Crippen molar-refractivity contribution in [2.45, 2.75) is 26.8 Å². The fraction of sp³-hybridized carbons (Fsp3) is 0.385. The highest BCUT2D eigenvalue weighted by molar-refractivity contribution is 6.32. The van der Waals surface area contributed by atoms with Crippen LogP contribution in [0.25, 0.3) is 10.9 Å². The summed E-state index contributed by atoms with van der Waals surface area (Å²) in [5.74, 6) is -0.268. The molecule has 18 heavy (non-hydrogen) atoms. The predicted molar refractivity (Wildman–Crippen MR) is 70.8 cm³/mol. The lowest BCUT2D eigenvalue weighted by atomic mass is 10.1. The summed E-state index contributed by atoms with van der Waals surface area (Å²) in [5, 5.41) is 5.84. The van der Waals surface area contributed by atoms with Gasteiger partial charge in [-0.15, -0.1) is 0 Å². The fourth-order valence-corrected chi connectivity index (χ4v) is 2.21. The maximum absolute atomic E-state index is 11.6. The number of rotatable bonds is 4. The van der Waals surface area contributed by atoms with Crippen LogP contribution in [0.15, 0.2) is 18.3 Å². The van der Waals surface area contributed by atoms with E-state index in [2.05, 4.69) is 5.10 Å². The first-order valence-electron chi connectivity index (χ1n) is 5.95. The van der Waals surface area contributed by atoms with E-state index >= 15 is 0 Å². The molecule has 0 saturated heterocycles. The lowest BCUT2D eigenvalue weighted by Gasteiger charge is -2.08. The molecule has 0 radical (unpaired) electrons. The quantitative estimate of drug-likeness (QED) is 0.800. The van der Waals surface area contributed by atoms with Gasteiger partial charge in [-0.25, -0.2) is 0 Å². The van der Waals surface area contributed by atoms with E-state index in [0.717, 1.165) is 23.0 Å². The van der Waals surface area contributed by atoms with Crippen molar-refractivity contribution in [1.29, 1.82) is 0 Å². The van der Waals surface area contributed by atoms with Crippen LogP contribution < -0.4 is 0 Å². The molecule has 1 heterocycles. The Morgan fingerprint density at radius 3 is 2.89 bits per heavy atom. The number of nitrogens with zero attached hydrogens (tertiary/aromatic N) is 2. The zero-order chi connectivity index (χ0) is 13.1. The Hall–Kier alpha value is -1.55. The minimum atomic E-state index is -0.268. The van der Waals surface area contributed by atoms with Crippen LogP contribution in [0.5, 0.6) is 0 Å². The standard InChI is InChI=1S/C13H15ClN2O2/c1-3-16-13-9(8-15-16)5-6-11(14)10(13)7-12(17)18-4-2/h5-6,8H,3-4,7H2,1-2H3. The van der Waals surface area contributed by atoms with E-state index < -0.39 is 0 Å². The van der Waals surface area contributed by atoms with Crippen molar-refractivity contribution in [3.63, 3.8) is 0 Å². The zero-order valence-corrected chi connectivity index (χ0v) is 11.2. The summed E-state index contributed by atoms with van der Waals surface area (Å²) in [6.07, 6.45) is 1.96. The summed E-state index contributed by atoms with van der Waals surface area (Å²) >= 11 is 6.18. The van der Waals surface area contributed by atoms with Gasteiger partial charge in [0.25, 0.3) is 0 Å². The molecule has 1 aromatic heterocycles. The Balaban J connectivity index is 2.49. The Morgan fingerprint density at radius 1 is 1.44 bits per heavy atom. The first-order valence-corrected chi connectivity index (χ1v) is 6.33. The van der Waals surface area contributed by atoms with E-state index in [0.29, 0.717) is 11.6 Å². The molecular weight excluding hydrogens is 252 g/mol. The Morgan fingerprint density at radius 2 is 2.22 bits per heavy atom.